The van der Waals surface area contributed by atoms with Crippen LogP contribution in [0.5, 0.6) is 0 Å². The molecule has 0 radical (unpaired) electrons. The number of hydrogen-bond acceptors (Lipinski definition) is 8. The summed E-state index contributed by atoms with van der Waals surface area (Å²) in [5.41, 5.74) is 5.38. The summed E-state index contributed by atoms with van der Waals surface area (Å²) in [6.07, 6.45) is 96.7. The van der Waals surface area contributed by atoms with Crippen molar-refractivity contribution < 1.29 is 37.6 Å². The van der Waals surface area contributed by atoms with Crippen LogP contribution in [0.1, 0.15) is 219 Å². The summed E-state index contributed by atoms with van der Waals surface area (Å²) in [6, 6.07) is 0. The third-order valence-corrected chi connectivity index (χ3v) is 13.3. The van der Waals surface area contributed by atoms with E-state index >= 15 is 0 Å². The second-order valence-corrected chi connectivity index (χ2v) is 21.3. The van der Waals surface area contributed by atoms with Crippen LogP contribution in [0.15, 0.2) is 182 Å². The first-order chi connectivity index (χ1) is 39.8. The summed E-state index contributed by atoms with van der Waals surface area (Å²) in [6.45, 7) is 3.53. The molecule has 3 N–H and O–H groups in total. The van der Waals surface area contributed by atoms with Gasteiger partial charge in [0.15, 0.2) is 6.10 Å². The van der Waals surface area contributed by atoms with E-state index in [4.69, 9.17) is 24.3 Å². The number of carbonyl (C=O) groups excluding carboxylic acids is 2. The largest absolute Gasteiger partial charge is 0.472 e. The van der Waals surface area contributed by atoms with Crippen LogP contribution in [0.4, 0.5) is 0 Å². The lowest BCUT2D eigenvalue weighted by Crippen LogP contribution is -2.29. The highest BCUT2D eigenvalue weighted by Crippen LogP contribution is 2.43. The van der Waals surface area contributed by atoms with Gasteiger partial charge in [0.25, 0.3) is 0 Å². The number of carbonyl (C=O) groups is 2. The van der Waals surface area contributed by atoms with Crippen LogP contribution in [-0.4, -0.2) is 49.3 Å². The lowest BCUT2D eigenvalue weighted by Gasteiger charge is -2.19. The number of esters is 2. The van der Waals surface area contributed by atoms with Crippen molar-refractivity contribution in [2.45, 2.75) is 225 Å². The van der Waals surface area contributed by atoms with Gasteiger partial charge in [-0.3, -0.25) is 18.6 Å². The fraction of sp³-hybridized carbons (Fsp3) is 0.549. The minimum Gasteiger partial charge on any atom is -0.462 e. The van der Waals surface area contributed by atoms with Crippen LogP contribution in [0.2, 0.25) is 0 Å². The lowest BCUT2D eigenvalue weighted by molar-refractivity contribution is -0.161. The molecule has 0 bridgehead atoms. The van der Waals surface area contributed by atoms with E-state index in [1.807, 2.05) is 0 Å². The maximum Gasteiger partial charge on any atom is 0.472 e. The minimum absolute atomic E-state index is 0.0370. The van der Waals surface area contributed by atoms with Crippen LogP contribution in [0.25, 0.3) is 0 Å². The van der Waals surface area contributed by atoms with Crippen molar-refractivity contribution in [2.75, 3.05) is 26.4 Å². The average Bonchev–Trinajstić information content (AvgIpc) is 3.46. The number of ether oxygens (including phenoxy) is 2. The number of rotatable bonds is 56. The van der Waals surface area contributed by atoms with Gasteiger partial charge >= 0.3 is 19.8 Å². The third kappa shape index (κ3) is 64.1. The molecule has 454 valence electrons. The quantitative estimate of drug-likeness (QED) is 0.0264. The first-order valence-electron chi connectivity index (χ1n) is 31.3. The lowest BCUT2D eigenvalue weighted by atomic mass is 10.1. The Morgan fingerprint density at radius 3 is 1.01 bits per heavy atom. The smallest absolute Gasteiger partial charge is 0.462 e. The highest BCUT2D eigenvalue weighted by Gasteiger charge is 2.26. The van der Waals surface area contributed by atoms with E-state index in [9.17, 15) is 19.0 Å². The molecular weight excluding hydrogens is 1030 g/mol. The Hall–Kier alpha value is -4.89. The second kappa shape index (κ2) is 64.3. The number of unbranched alkanes of at least 4 members (excludes halogenated alkanes) is 13. The molecule has 0 saturated carbocycles. The van der Waals surface area contributed by atoms with Crippen LogP contribution < -0.4 is 5.73 Å². The van der Waals surface area contributed by atoms with E-state index in [0.717, 1.165) is 154 Å². The summed E-state index contributed by atoms with van der Waals surface area (Å²) in [5.74, 6) is -0.886. The summed E-state index contributed by atoms with van der Waals surface area (Å²) in [4.78, 5) is 35.2. The molecule has 0 aliphatic heterocycles. The number of hydrogen-bond donors (Lipinski definition) is 2. The van der Waals surface area contributed by atoms with Gasteiger partial charge in [0.2, 0.25) is 0 Å². The Bertz CT molecular complexity index is 1980. The van der Waals surface area contributed by atoms with Crippen LogP contribution in [-0.2, 0) is 32.7 Å². The Labute approximate surface area is 494 Å². The Kier molecular flexibility index (Phi) is 60.4. The molecule has 0 heterocycles. The zero-order chi connectivity index (χ0) is 58.7. The highest BCUT2D eigenvalue weighted by atomic mass is 31.2. The van der Waals surface area contributed by atoms with Gasteiger partial charge in [-0.15, -0.1) is 0 Å². The van der Waals surface area contributed by atoms with Crippen LogP contribution >= 0.6 is 7.82 Å². The Morgan fingerprint density at radius 1 is 0.383 bits per heavy atom. The molecule has 9 nitrogen and oxygen atoms in total. The molecule has 0 rings (SSSR count). The SMILES string of the molecule is CC/C=C\C/C=C\C/C=C\C/C=C\C/C=C\C/C=C\C/C=C\C/C=C\C/C=C\C/C=C\C/C=C\C/C=C\CCCCCCC(=O)OC(COC(=O)CCCCCCCC/C=C\C/C=C\C/C=C\CCCCC)COP(=O)(O)OCCN. The maximum atomic E-state index is 12.7. The minimum atomic E-state index is -4.41. The zero-order valence-corrected chi connectivity index (χ0v) is 51.6. The van der Waals surface area contributed by atoms with E-state index in [-0.39, 0.29) is 32.6 Å². The first-order valence-corrected chi connectivity index (χ1v) is 32.8. The normalized spacial score (nSPS) is 14.3. The van der Waals surface area contributed by atoms with E-state index in [2.05, 4.69) is 196 Å². The van der Waals surface area contributed by atoms with Crippen LogP contribution in [0.3, 0.4) is 0 Å². The highest BCUT2D eigenvalue weighted by molar-refractivity contribution is 7.47. The topological polar surface area (TPSA) is 134 Å². The number of allylic oxidation sites excluding steroid dienone is 30. The van der Waals surface area contributed by atoms with Crippen molar-refractivity contribution in [3.05, 3.63) is 182 Å². The van der Waals surface area contributed by atoms with Crippen molar-refractivity contribution in [2.24, 2.45) is 5.73 Å². The maximum absolute atomic E-state index is 12.7. The van der Waals surface area contributed by atoms with Crippen molar-refractivity contribution >= 4 is 19.8 Å². The van der Waals surface area contributed by atoms with Gasteiger partial charge in [-0.1, -0.05) is 247 Å². The molecule has 81 heavy (non-hydrogen) atoms. The monoisotopic (exact) mass is 1140 g/mol. The molecule has 0 saturated heterocycles. The van der Waals surface area contributed by atoms with Gasteiger partial charge in [-0.25, -0.2) is 4.57 Å². The van der Waals surface area contributed by atoms with Gasteiger partial charge in [-0.2, -0.15) is 0 Å². The molecule has 0 aliphatic carbocycles. The molecule has 0 aromatic rings. The average molecular weight is 1140 g/mol. The van der Waals surface area contributed by atoms with E-state index in [0.29, 0.717) is 12.8 Å². The molecular formula is C71H112NO8P. The Balaban J connectivity index is 4.09. The van der Waals surface area contributed by atoms with Gasteiger partial charge < -0.3 is 20.1 Å². The van der Waals surface area contributed by atoms with E-state index in [1.165, 1.54) is 25.7 Å². The fourth-order valence-electron chi connectivity index (χ4n) is 7.68. The van der Waals surface area contributed by atoms with Crippen molar-refractivity contribution in [3.8, 4) is 0 Å². The van der Waals surface area contributed by atoms with E-state index in [1.54, 1.807) is 0 Å². The number of nitrogens with two attached hydrogens (primary N) is 1. The van der Waals surface area contributed by atoms with E-state index < -0.39 is 32.5 Å². The molecule has 0 aromatic carbocycles. The molecule has 0 spiro atoms. The second-order valence-electron chi connectivity index (χ2n) is 19.8. The Morgan fingerprint density at radius 2 is 0.679 bits per heavy atom. The molecule has 2 unspecified atom stereocenters. The molecule has 0 aromatic heterocycles. The fourth-order valence-corrected chi connectivity index (χ4v) is 8.45. The predicted octanol–water partition coefficient (Wildman–Crippen LogP) is 20.4. The number of phosphoric ester groups is 1. The van der Waals surface area contributed by atoms with Crippen molar-refractivity contribution in [1.82, 2.24) is 0 Å². The van der Waals surface area contributed by atoms with Crippen molar-refractivity contribution in [3.63, 3.8) is 0 Å². The zero-order valence-electron chi connectivity index (χ0n) is 50.7. The summed E-state index contributed by atoms with van der Waals surface area (Å²) in [7, 11) is -4.41. The van der Waals surface area contributed by atoms with Crippen LogP contribution in [0, 0.1) is 0 Å². The molecule has 0 fully saturated rings. The number of phosphoric acid groups is 1. The molecule has 0 amide bonds. The van der Waals surface area contributed by atoms with Gasteiger partial charge in [0.05, 0.1) is 13.2 Å². The third-order valence-electron chi connectivity index (χ3n) is 12.3. The molecule has 2 atom stereocenters. The summed E-state index contributed by atoms with van der Waals surface area (Å²) < 4.78 is 33.0. The van der Waals surface area contributed by atoms with Gasteiger partial charge in [-0.05, 0) is 141 Å². The first kappa shape index (κ1) is 76.1. The summed E-state index contributed by atoms with van der Waals surface area (Å²) >= 11 is 0. The molecule has 10 heteroatoms. The molecule has 0 aliphatic rings. The predicted molar refractivity (Wildman–Crippen MR) is 348 cm³/mol. The van der Waals surface area contributed by atoms with Gasteiger partial charge in [0.1, 0.15) is 6.61 Å². The van der Waals surface area contributed by atoms with Crippen molar-refractivity contribution in [1.29, 1.82) is 0 Å². The summed E-state index contributed by atoms with van der Waals surface area (Å²) in [5, 5.41) is 0. The van der Waals surface area contributed by atoms with Gasteiger partial charge in [0, 0.05) is 19.4 Å². The standard InChI is InChI=1S/C71H112NO8P/c1-3-5-7-9-11-13-15-17-19-21-23-24-25-26-27-28-29-30-31-32-33-34-35-36-37-38-39-40-41-42-43-44-46-48-50-52-54-56-58-60-62-64-71(74)80-69(68-79-81(75,76)78-66-65-72)67-77-70(73)63-61-59-57-55-53-51-49-47-45-22-20-18-16-14-12-10-8-6-4-2/h5,7,11-14,17-20,23-24,26-27,29-30,32-33,35-36,38-39,41-42,44-47,50,52,69H,3-4,6,8-10,15-16,21-22,25,28,31,34,37,40,43,48-49,51,53-68,72H2,1-2H3,(H,75,76)/b7-5-,13-11-,14-12-,19-17-,20-18-,24-23-,27-26-,30-29-,33-32-,36-35-,39-38-,42-41-,46-44-,47-45-,52-50-.